The number of methoxy groups -OCH3 is 1. The van der Waals surface area contributed by atoms with Crippen LogP contribution in [0.2, 0.25) is 0 Å². The molecule has 1 aliphatic carbocycles. The van der Waals surface area contributed by atoms with Crippen molar-refractivity contribution in [3.05, 3.63) is 35.9 Å². The Morgan fingerprint density at radius 2 is 2.00 bits per heavy atom. The van der Waals surface area contributed by atoms with E-state index < -0.39 is 0 Å². The van der Waals surface area contributed by atoms with Gasteiger partial charge in [-0.2, -0.15) is 0 Å². The van der Waals surface area contributed by atoms with Gasteiger partial charge in [-0.1, -0.05) is 51.1 Å². The highest BCUT2D eigenvalue weighted by molar-refractivity contribution is 5.16. The van der Waals surface area contributed by atoms with Gasteiger partial charge < -0.3 is 10.1 Å². The van der Waals surface area contributed by atoms with E-state index in [9.17, 15) is 0 Å². The molecule has 0 spiro atoms. The lowest BCUT2D eigenvalue weighted by Gasteiger charge is -2.52. The molecule has 1 fully saturated rings. The number of rotatable bonds is 6. The maximum atomic E-state index is 5.53. The van der Waals surface area contributed by atoms with Gasteiger partial charge in [0, 0.05) is 24.6 Å². The molecule has 106 valence electrons. The van der Waals surface area contributed by atoms with Crippen molar-refractivity contribution in [2.75, 3.05) is 7.11 Å². The molecule has 0 heterocycles. The van der Waals surface area contributed by atoms with Crippen molar-refractivity contribution in [3.63, 3.8) is 0 Å². The van der Waals surface area contributed by atoms with E-state index in [4.69, 9.17) is 4.74 Å². The molecule has 0 aromatic heterocycles. The Morgan fingerprint density at radius 1 is 1.32 bits per heavy atom. The monoisotopic (exact) mass is 261 g/mol. The van der Waals surface area contributed by atoms with E-state index in [2.05, 4.69) is 56.4 Å². The van der Waals surface area contributed by atoms with E-state index in [1.807, 2.05) is 7.11 Å². The molecule has 1 aromatic rings. The summed E-state index contributed by atoms with van der Waals surface area (Å²) in [5.41, 5.74) is 1.67. The molecule has 1 aromatic carbocycles. The SMILES string of the molecule is CCC(Cc1ccccc1)NC1CC(OC)C1(C)C. The molecule has 19 heavy (non-hydrogen) atoms. The summed E-state index contributed by atoms with van der Waals surface area (Å²) in [7, 11) is 1.82. The van der Waals surface area contributed by atoms with E-state index in [0.717, 1.165) is 12.8 Å². The zero-order valence-electron chi connectivity index (χ0n) is 12.6. The van der Waals surface area contributed by atoms with Crippen LogP contribution in [0, 0.1) is 5.41 Å². The van der Waals surface area contributed by atoms with Crippen LogP contribution in [-0.4, -0.2) is 25.3 Å². The van der Waals surface area contributed by atoms with E-state index in [-0.39, 0.29) is 5.41 Å². The molecule has 1 aliphatic rings. The molecular formula is C17H27NO. The van der Waals surface area contributed by atoms with E-state index in [1.54, 1.807) is 0 Å². The van der Waals surface area contributed by atoms with Crippen molar-refractivity contribution in [1.29, 1.82) is 0 Å². The number of hydrogen-bond acceptors (Lipinski definition) is 2. The summed E-state index contributed by atoms with van der Waals surface area (Å²) in [6.45, 7) is 6.87. The minimum Gasteiger partial charge on any atom is -0.381 e. The number of hydrogen-bond donors (Lipinski definition) is 1. The fourth-order valence-corrected chi connectivity index (χ4v) is 3.07. The predicted molar refractivity (Wildman–Crippen MR) is 80.3 cm³/mol. The highest BCUT2D eigenvalue weighted by Gasteiger charge is 2.48. The van der Waals surface area contributed by atoms with Crippen molar-refractivity contribution in [1.82, 2.24) is 5.32 Å². The Kier molecular flexibility index (Phi) is 4.64. The molecule has 0 saturated heterocycles. The molecule has 3 atom stereocenters. The van der Waals surface area contributed by atoms with Gasteiger partial charge in [0.1, 0.15) is 0 Å². The van der Waals surface area contributed by atoms with Crippen LogP contribution in [0.1, 0.15) is 39.2 Å². The molecule has 3 unspecified atom stereocenters. The number of nitrogens with one attached hydrogen (secondary N) is 1. The first kappa shape index (κ1) is 14.5. The third-order valence-electron chi connectivity index (χ3n) is 4.72. The van der Waals surface area contributed by atoms with Gasteiger partial charge >= 0.3 is 0 Å². The minimum absolute atomic E-state index is 0.249. The van der Waals surface area contributed by atoms with Crippen molar-refractivity contribution < 1.29 is 4.74 Å². The summed E-state index contributed by atoms with van der Waals surface area (Å²) in [6, 6.07) is 11.9. The van der Waals surface area contributed by atoms with Crippen molar-refractivity contribution in [3.8, 4) is 0 Å². The quantitative estimate of drug-likeness (QED) is 0.847. The van der Waals surface area contributed by atoms with Crippen LogP contribution in [0.3, 0.4) is 0 Å². The molecule has 0 radical (unpaired) electrons. The molecule has 0 aliphatic heterocycles. The van der Waals surface area contributed by atoms with Gasteiger partial charge in [0.15, 0.2) is 0 Å². The number of ether oxygens (including phenoxy) is 1. The molecule has 2 nitrogen and oxygen atoms in total. The van der Waals surface area contributed by atoms with Crippen molar-refractivity contribution in [2.24, 2.45) is 5.41 Å². The lowest BCUT2D eigenvalue weighted by molar-refractivity contribution is -0.100. The standard InChI is InChI=1S/C17H27NO/c1-5-14(11-13-9-7-6-8-10-13)18-15-12-16(19-4)17(15,2)3/h6-10,14-16,18H,5,11-12H2,1-4H3. The van der Waals surface area contributed by atoms with Crippen LogP contribution in [0.15, 0.2) is 30.3 Å². The summed E-state index contributed by atoms with van der Waals surface area (Å²) in [4.78, 5) is 0. The summed E-state index contributed by atoms with van der Waals surface area (Å²) in [6.07, 6.45) is 3.81. The van der Waals surface area contributed by atoms with Crippen molar-refractivity contribution >= 4 is 0 Å². The van der Waals surface area contributed by atoms with Crippen LogP contribution in [0.4, 0.5) is 0 Å². The van der Waals surface area contributed by atoms with Crippen LogP contribution in [-0.2, 0) is 11.2 Å². The summed E-state index contributed by atoms with van der Waals surface area (Å²) < 4.78 is 5.53. The van der Waals surface area contributed by atoms with Gasteiger partial charge in [0.05, 0.1) is 6.10 Å². The second kappa shape index (κ2) is 6.06. The minimum atomic E-state index is 0.249. The largest absolute Gasteiger partial charge is 0.381 e. The average Bonchev–Trinajstić information content (AvgIpc) is 2.42. The Bertz CT molecular complexity index is 388. The molecule has 0 bridgehead atoms. The topological polar surface area (TPSA) is 21.3 Å². The zero-order valence-corrected chi connectivity index (χ0v) is 12.6. The van der Waals surface area contributed by atoms with Gasteiger partial charge in [0.2, 0.25) is 0 Å². The molecule has 1 saturated carbocycles. The maximum Gasteiger partial charge on any atom is 0.0652 e. The van der Waals surface area contributed by atoms with Gasteiger partial charge in [-0.25, -0.2) is 0 Å². The van der Waals surface area contributed by atoms with Gasteiger partial charge in [-0.3, -0.25) is 0 Å². The first-order chi connectivity index (χ1) is 9.07. The molecule has 2 heteroatoms. The van der Waals surface area contributed by atoms with Gasteiger partial charge in [-0.15, -0.1) is 0 Å². The summed E-state index contributed by atoms with van der Waals surface area (Å²) >= 11 is 0. The Morgan fingerprint density at radius 3 is 2.53 bits per heavy atom. The first-order valence-electron chi connectivity index (χ1n) is 7.40. The summed E-state index contributed by atoms with van der Waals surface area (Å²) in [5, 5.41) is 3.83. The normalized spacial score (nSPS) is 26.7. The van der Waals surface area contributed by atoms with E-state index in [1.165, 1.54) is 12.0 Å². The van der Waals surface area contributed by atoms with E-state index in [0.29, 0.717) is 18.2 Å². The third-order valence-corrected chi connectivity index (χ3v) is 4.72. The molecule has 2 rings (SSSR count). The second-order valence-electron chi connectivity index (χ2n) is 6.30. The average molecular weight is 261 g/mol. The lowest BCUT2D eigenvalue weighted by Crippen LogP contribution is -2.62. The van der Waals surface area contributed by atoms with Crippen LogP contribution in [0.5, 0.6) is 0 Å². The highest BCUT2D eigenvalue weighted by Crippen LogP contribution is 2.42. The first-order valence-corrected chi connectivity index (χ1v) is 7.40. The molecular weight excluding hydrogens is 234 g/mol. The maximum absolute atomic E-state index is 5.53. The Hall–Kier alpha value is -0.860. The zero-order chi connectivity index (χ0) is 13.9. The van der Waals surface area contributed by atoms with E-state index >= 15 is 0 Å². The van der Waals surface area contributed by atoms with Crippen molar-refractivity contribution in [2.45, 2.75) is 58.2 Å². The second-order valence-corrected chi connectivity index (χ2v) is 6.30. The Balaban J connectivity index is 1.90. The number of benzene rings is 1. The van der Waals surface area contributed by atoms with Gasteiger partial charge in [0.25, 0.3) is 0 Å². The van der Waals surface area contributed by atoms with Crippen LogP contribution in [0.25, 0.3) is 0 Å². The fraction of sp³-hybridized carbons (Fsp3) is 0.647. The van der Waals surface area contributed by atoms with Crippen LogP contribution < -0.4 is 5.32 Å². The third kappa shape index (κ3) is 3.18. The van der Waals surface area contributed by atoms with Gasteiger partial charge in [-0.05, 0) is 24.8 Å². The molecule has 1 N–H and O–H groups in total. The Labute approximate surface area is 117 Å². The predicted octanol–water partition coefficient (Wildman–Crippen LogP) is 3.41. The van der Waals surface area contributed by atoms with Crippen LogP contribution >= 0.6 is 0 Å². The smallest absolute Gasteiger partial charge is 0.0652 e. The highest BCUT2D eigenvalue weighted by atomic mass is 16.5. The summed E-state index contributed by atoms with van der Waals surface area (Å²) in [5.74, 6) is 0. The lowest BCUT2D eigenvalue weighted by atomic mass is 9.64. The molecule has 0 amide bonds. The fourth-order valence-electron chi connectivity index (χ4n) is 3.07.